The van der Waals surface area contributed by atoms with Crippen LogP contribution in [0.4, 0.5) is 18.9 Å². The third kappa shape index (κ3) is 7.24. The summed E-state index contributed by atoms with van der Waals surface area (Å²) in [5, 5.41) is 9.74. The Hall–Kier alpha value is -4.03. The second kappa shape index (κ2) is 11.8. The molecule has 0 bridgehead atoms. The van der Waals surface area contributed by atoms with Gasteiger partial charge >= 0.3 is 6.36 Å². The van der Waals surface area contributed by atoms with Gasteiger partial charge in [0.1, 0.15) is 16.5 Å². The molecule has 37 heavy (non-hydrogen) atoms. The first-order chi connectivity index (χ1) is 17.5. The van der Waals surface area contributed by atoms with E-state index in [2.05, 4.69) is 9.72 Å². The highest BCUT2D eigenvalue weighted by Gasteiger charge is 2.32. The number of anilines is 1. The van der Waals surface area contributed by atoms with Crippen molar-refractivity contribution in [2.24, 2.45) is 0 Å². The van der Waals surface area contributed by atoms with Crippen LogP contribution in [-0.2, 0) is 9.84 Å². The Morgan fingerprint density at radius 2 is 1.59 bits per heavy atom. The molecule has 8 nitrogen and oxygen atoms in total. The number of nitrogens with zero attached hydrogens (tertiary/aromatic N) is 2. The van der Waals surface area contributed by atoms with Crippen molar-refractivity contribution < 1.29 is 36.2 Å². The first-order valence-electron chi connectivity index (χ1n) is 10.7. The van der Waals surface area contributed by atoms with Gasteiger partial charge in [-0.25, -0.2) is 8.42 Å². The summed E-state index contributed by atoms with van der Waals surface area (Å²) >= 11 is 0. The molecular weight excluding hydrogens is 511 g/mol. The minimum Gasteiger partial charge on any atom is -0.497 e. The van der Waals surface area contributed by atoms with Gasteiger partial charge in [-0.2, -0.15) is 0 Å². The van der Waals surface area contributed by atoms with Crippen molar-refractivity contribution in [2.45, 2.75) is 22.3 Å². The van der Waals surface area contributed by atoms with E-state index in [0.29, 0.717) is 11.3 Å². The molecular formula is C25H24F3N3O5S. The van der Waals surface area contributed by atoms with Gasteiger partial charge in [0.25, 0.3) is 0 Å². The average molecular weight is 536 g/mol. The lowest BCUT2D eigenvalue weighted by molar-refractivity contribution is -0.274. The third-order valence-electron chi connectivity index (χ3n) is 5.05. The number of aliphatic hydroxyl groups is 1. The molecule has 0 amide bonds. The van der Waals surface area contributed by atoms with Gasteiger partial charge in [-0.05, 0) is 60.2 Å². The highest BCUT2D eigenvalue weighted by Crippen LogP contribution is 2.32. The Morgan fingerprint density at radius 3 is 2.05 bits per heavy atom. The van der Waals surface area contributed by atoms with Crippen molar-refractivity contribution in [1.82, 2.24) is 9.55 Å². The number of aliphatic hydroxyl groups excluding tert-OH is 1. The number of benzene rings is 2. The highest BCUT2D eigenvalue weighted by atomic mass is 32.2. The lowest BCUT2D eigenvalue weighted by atomic mass is 10.1. The van der Waals surface area contributed by atoms with E-state index in [1.165, 1.54) is 23.9 Å². The summed E-state index contributed by atoms with van der Waals surface area (Å²) in [6, 6.07) is 16.7. The van der Waals surface area contributed by atoms with Crippen LogP contribution in [0.1, 0.15) is 11.6 Å². The molecule has 2 aromatic heterocycles. The molecule has 196 valence electrons. The van der Waals surface area contributed by atoms with Gasteiger partial charge in [-0.3, -0.25) is 4.98 Å². The van der Waals surface area contributed by atoms with Crippen LogP contribution in [0.15, 0.2) is 101 Å². The van der Waals surface area contributed by atoms with Crippen molar-refractivity contribution in [2.75, 3.05) is 19.5 Å². The normalized spacial score (nSPS) is 12.2. The van der Waals surface area contributed by atoms with E-state index in [0.717, 1.165) is 24.3 Å². The highest BCUT2D eigenvalue weighted by molar-refractivity contribution is 7.91. The molecule has 4 aromatic rings. The Bertz CT molecular complexity index is 1350. The van der Waals surface area contributed by atoms with Gasteiger partial charge in [-0.15, -0.1) is 13.2 Å². The molecule has 0 saturated carbocycles. The summed E-state index contributed by atoms with van der Waals surface area (Å²) in [5.41, 5.74) is 6.57. The summed E-state index contributed by atoms with van der Waals surface area (Å²) in [7, 11) is -2.67. The van der Waals surface area contributed by atoms with Crippen LogP contribution in [0, 0.1) is 0 Å². The van der Waals surface area contributed by atoms with Crippen molar-refractivity contribution in [3.8, 4) is 11.5 Å². The number of sulfone groups is 1. The van der Waals surface area contributed by atoms with E-state index in [9.17, 15) is 26.7 Å². The fraction of sp³-hybridized carbons (Fsp3) is 0.160. The molecule has 4 rings (SSSR count). The summed E-state index contributed by atoms with van der Waals surface area (Å²) in [6.45, 7) is -0.429. The number of halogens is 3. The second-order valence-corrected chi connectivity index (χ2v) is 9.43. The lowest BCUT2D eigenvalue weighted by Crippen LogP contribution is -2.19. The number of alkyl halides is 3. The Morgan fingerprint density at radius 1 is 1.00 bits per heavy atom. The monoisotopic (exact) mass is 535 g/mol. The van der Waals surface area contributed by atoms with Gasteiger partial charge in [0.2, 0.25) is 9.84 Å². The number of ether oxygens (including phenoxy) is 2. The Labute approximate surface area is 211 Å². The maximum Gasteiger partial charge on any atom is 0.573 e. The number of methoxy groups -OCH3 is 1. The number of nitrogens with two attached hydrogens (primary N) is 1. The zero-order valence-corrected chi connectivity index (χ0v) is 20.4. The van der Waals surface area contributed by atoms with Gasteiger partial charge in [0.05, 0.1) is 30.3 Å². The number of aromatic nitrogens is 2. The number of nitrogen functional groups attached to an aromatic ring is 1. The van der Waals surface area contributed by atoms with E-state index in [-0.39, 0.29) is 15.6 Å². The SMILES string of the molecule is COc1ccc(C(CO)n2cc(N)cc2S(=O)(=O)c2ccc(OC(F)(F)F)cc2)cc1.c1ccncc1. The number of hydrogen-bond acceptors (Lipinski definition) is 7. The van der Waals surface area contributed by atoms with E-state index in [1.807, 2.05) is 18.2 Å². The Kier molecular flexibility index (Phi) is 8.79. The molecule has 0 saturated heterocycles. The lowest BCUT2D eigenvalue weighted by Gasteiger charge is -2.20. The molecule has 2 heterocycles. The largest absolute Gasteiger partial charge is 0.573 e. The molecule has 2 aromatic carbocycles. The van der Waals surface area contributed by atoms with Crippen LogP contribution in [0.2, 0.25) is 0 Å². The Balaban J connectivity index is 0.000000555. The fourth-order valence-electron chi connectivity index (χ4n) is 3.37. The van der Waals surface area contributed by atoms with Gasteiger partial charge in [-0.1, -0.05) is 18.2 Å². The minimum absolute atomic E-state index is 0.141. The van der Waals surface area contributed by atoms with Crippen molar-refractivity contribution >= 4 is 15.5 Å². The van der Waals surface area contributed by atoms with E-state index in [4.69, 9.17) is 10.5 Å². The molecule has 0 spiro atoms. The fourth-order valence-corrected chi connectivity index (χ4v) is 4.86. The van der Waals surface area contributed by atoms with Gasteiger partial charge in [0.15, 0.2) is 0 Å². The molecule has 0 aliphatic carbocycles. The van der Waals surface area contributed by atoms with Crippen LogP contribution in [0.3, 0.4) is 0 Å². The molecule has 0 aliphatic heterocycles. The third-order valence-corrected chi connectivity index (χ3v) is 6.82. The second-order valence-electron chi connectivity index (χ2n) is 7.54. The van der Waals surface area contributed by atoms with Crippen molar-refractivity contribution in [1.29, 1.82) is 0 Å². The van der Waals surface area contributed by atoms with Gasteiger partial charge < -0.3 is 24.9 Å². The summed E-state index contributed by atoms with van der Waals surface area (Å²) in [6.07, 6.45) is -0.0185. The van der Waals surface area contributed by atoms with Crippen molar-refractivity contribution in [3.63, 3.8) is 0 Å². The van der Waals surface area contributed by atoms with E-state index < -0.39 is 34.6 Å². The number of hydrogen-bond donors (Lipinski definition) is 2. The molecule has 12 heteroatoms. The van der Waals surface area contributed by atoms with Crippen LogP contribution in [0.5, 0.6) is 11.5 Å². The summed E-state index contributed by atoms with van der Waals surface area (Å²) in [4.78, 5) is 3.53. The molecule has 0 radical (unpaired) electrons. The molecule has 1 unspecified atom stereocenters. The minimum atomic E-state index is -4.89. The number of rotatable bonds is 7. The first kappa shape index (κ1) is 27.6. The smallest absolute Gasteiger partial charge is 0.497 e. The molecule has 3 N–H and O–H groups in total. The van der Waals surface area contributed by atoms with E-state index >= 15 is 0 Å². The first-order valence-corrected chi connectivity index (χ1v) is 12.2. The predicted molar refractivity (Wildman–Crippen MR) is 130 cm³/mol. The quantitative estimate of drug-likeness (QED) is 0.359. The topological polar surface area (TPSA) is 117 Å². The predicted octanol–water partition coefficient (Wildman–Crippen LogP) is 4.47. The number of pyridine rings is 1. The molecule has 1 atom stereocenters. The van der Waals surface area contributed by atoms with Crippen molar-refractivity contribution in [3.05, 3.63) is 97.0 Å². The molecule has 0 fully saturated rings. The summed E-state index contributed by atoms with van der Waals surface area (Å²) in [5.74, 6) is 0.0364. The van der Waals surface area contributed by atoms with Gasteiger partial charge in [0, 0.05) is 18.6 Å². The zero-order valence-electron chi connectivity index (χ0n) is 19.5. The maximum absolute atomic E-state index is 13.2. The average Bonchev–Trinajstić information content (AvgIpc) is 3.28. The van der Waals surface area contributed by atoms with Crippen LogP contribution in [-0.4, -0.2) is 43.2 Å². The van der Waals surface area contributed by atoms with Crippen LogP contribution in [0.25, 0.3) is 0 Å². The van der Waals surface area contributed by atoms with Crippen LogP contribution < -0.4 is 15.2 Å². The standard InChI is InChI=1S/C20H19F3N2O5S.C5H5N/c1-29-15-4-2-13(3-5-15)18(12-26)25-11-14(24)10-19(25)31(27,28)17-8-6-16(7-9-17)30-20(21,22)23;1-2-4-6-5-3-1/h2-11,18,26H,12,24H2,1H3;1-5H. The molecule has 0 aliphatic rings. The van der Waals surface area contributed by atoms with E-state index in [1.54, 1.807) is 36.7 Å². The maximum atomic E-state index is 13.2. The van der Waals surface area contributed by atoms with Crippen LogP contribution >= 0.6 is 0 Å². The zero-order chi connectivity index (χ0) is 27.1. The summed E-state index contributed by atoms with van der Waals surface area (Å²) < 4.78 is 73.6.